The number of rotatable bonds is 1. The summed E-state index contributed by atoms with van der Waals surface area (Å²) in [6, 6.07) is 0. The van der Waals surface area contributed by atoms with E-state index in [9.17, 15) is 0 Å². The molecule has 0 aromatic heterocycles. The Hall–Kier alpha value is 0.650. The first-order valence-electron chi connectivity index (χ1n) is 3.11. The molecule has 1 fully saturated rings. The molecule has 0 N–H and O–H groups in total. The van der Waals surface area contributed by atoms with Gasteiger partial charge in [0.25, 0.3) is 0 Å². The van der Waals surface area contributed by atoms with Gasteiger partial charge in [-0.2, -0.15) is 0 Å². The molecule has 0 saturated carbocycles. The number of ether oxygens (including phenoxy) is 2. The molecular formula is C6H11IO2. The number of methoxy groups -OCH3 is 1. The first kappa shape index (κ1) is 7.75. The van der Waals surface area contributed by atoms with Gasteiger partial charge in [0.1, 0.15) is 0 Å². The van der Waals surface area contributed by atoms with Crippen molar-refractivity contribution in [2.75, 3.05) is 13.7 Å². The van der Waals surface area contributed by atoms with Crippen LogP contribution in [0.25, 0.3) is 0 Å². The minimum absolute atomic E-state index is 0.0658. The molecule has 2 nitrogen and oxygen atoms in total. The summed E-state index contributed by atoms with van der Waals surface area (Å²) in [4.78, 5) is 0. The molecular weight excluding hydrogens is 231 g/mol. The van der Waals surface area contributed by atoms with Crippen molar-refractivity contribution in [2.24, 2.45) is 0 Å². The molecule has 2 unspecified atom stereocenters. The molecule has 1 aliphatic rings. The minimum Gasteiger partial charge on any atom is -0.356 e. The third-order valence-electron chi connectivity index (χ3n) is 1.44. The van der Waals surface area contributed by atoms with Crippen molar-refractivity contribution < 1.29 is 9.47 Å². The molecule has 0 bridgehead atoms. The predicted octanol–water partition coefficient (Wildman–Crippen LogP) is 1.57. The first-order valence-corrected chi connectivity index (χ1v) is 4.36. The zero-order valence-corrected chi connectivity index (χ0v) is 7.63. The lowest BCUT2D eigenvalue weighted by Gasteiger charge is -2.24. The summed E-state index contributed by atoms with van der Waals surface area (Å²) in [6.45, 7) is 0.846. The fraction of sp³-hybridized carbons (Fsp3) is 1.00. The van der Waals surface area contributed by atoms with Gasteiger partial charge in [0, 0.05) is 11.0 Å². The van der Waals surface area contributed by atoms with E-state index in [0.29, 0.717) is 3.92 Å². The summed E-state index contributed by atoms with van der Waals surface area (Å²) in [7, 11) is 1.69. The maximum Gasteiger partial charge on any atom is 0.157 e. The Labute approximate surface area is 69.0 Å². The number of halogens is 1. The minimum atomic E-state index is 0.0658. The fourth-order valence-electron chi connectivity index (χ4n) is 0.881. The van der Waals surface area contributed by atoms with Crippen LogP contribution in [0.2, 0.25) is 0 Å². The molecule has 1 aliphatic heterocycles. The smallest absolute Gasteiger partial charge is 0.157 e. The Kier molecular flexibility index (Phi) is 3.21. The largest absolute Gasteiger partial charge is 0.356 e. The second kappa shape index (κ2) is 3.73. The van der Waals surface area contributed by atoms with Gasteiger partial charge in [0.05, 0.1) is 6.61 Å². The molecule has 1 saturated heterocycles. The average Bonchev–Trinajstić information content (AvgIpc) is 1.90. The van der Waals surface area contributed by atoms with Crippen LogP contribution in [0.1, 0.15) is 12.8 Å². The number of alkyl halides is 1. The highest BCUT2D eigenvalue weighted by atomic mass is 127. The van der Waals surface area contributed by atoms with Gasteiger partial charge in [0.2, 0.25) is 0 Å². The van der Waals surface area contributed by atoms with Crippen LogP contribution in [-0.4, -0.2) is 23.9 Å². The standard InChI is InChI=1S/C6H11IO2/c1-8-6-3-2-5(7)4-9-6/h5-6H,2-4H2,1H3. The van der Waals surface area contributed by atoms with Crippen LogP contribution in [0.4, 0.5) is 0 Å². The van der Waals surface area contributed by atoms with Crippen molar-refractivity contribution in [3.8, 4) is 0 Å². The molecule has 54 valence electrons. The Morgan fingerprint density at radius 3 is 2.78 bits per heavy atom. The van der Waals surface area contributed by atoms with E-state index in [1.807, 2.05) is 0 Å². The van der Waals surface area contributed by atoms with E-state index in [2.05, 4.69) is 22.6 Å². The zero-order valence-electron chi connectivity index (χ0n) is 5.47. The summed E-state index contributed by atoms with van der Waals surface area (Å²) in [5.41, 5.74) is 0. The van der Waals surface area contributed by atoms with Crippen LogP contribution < -0.4 is 0 Å². The fourth-order valence-corrected chi connectivity index (χ4v) is 1.45. The second-order valence-electron chi connectivity index (χ2n) is 2.17. The highest BCUT2D eigenvalue weighted by Gasteiger charge is 2.18. The molecule has 1 heterocycles. The third kappa shape index (κ3) is 2.39. The van der Waals surface area contributed by atoms with Gasteiger partial charge in [-0.25, -0.2) is 0 Å². The van der Waals surface area contributed by atoms with Gasteiger partial charge in [-0.15, -0.1) is 0 Å². The molecule has 0 radical (unpaired) electrons. The molecule has 3 heteroatoms. The van der Waals surface area contributed by atoms with E-state index in [-0.39, 0.29) is 6.29 Å². The van der Waals surface area contributed by atoms with Crippen molar-refractivity contribution in [3.63, 3.8) is 0 Å². The summed E-state index contributed by atoms with van der Waals surface area (Å²) in [5.74, 6) is 0. The number of hydrogen-bond donors (Lipinski definition) is 0. The summed E-state index contributed by atoms with van der Waals surface area (Å²) in [6.07, 6.45) is 2.33. The second-order valence-corrected chi connectivity index (χ2v) is 3.93. The highest BCUT2D eigenvalue weighted by Crippen LogP contribution is 2.19. The maximum atomic E-state index is 5.31. The molecule has 0 spiro atoms. The predicted molar refractivity (Wildman–Crippen MR) is 43.8 cm³/mol. The van der Waals surface area contributed by atoms with E-state index >= 15 is 0 Å². The topological polar surface area (TPSA) is 18.5 Å². The Balaban J connectivity index is 2.18. The molecule has 9 heavy (non-hydrogen) atoms. The van der Waals surface area contributed by atoms with Crippen LogP contribution in [0.5, 0.6) is 0 Å². The first-order chi connectivity index (χ1) is 4.33. The molecule has 0 aromatic carbocycles. The molecule has 0 aromatic rings. The number of hydrogen-bond acceptors (Lipinski definition) is 2. The van der Waals surface area contributed by atoms with Gasteiger partial charge in [-0.3, -0.25) is 0 Å². The molecule has 2 atom stereocenters. The Bertz CT molecular complexity index is 79.1. The van der Waals surface area contributed by atoms with E-state index in [4.69, 9.17) is 9.47 Å². The SMILES string of the molecule is COC1CCC(I)CO1. The summed E-state index contributed by atoms with van der Waals surface area (Å²) >= 11 is 2.40. The molecule has 0 amide bonds. The van der Waals surface area contributed by atoms with Crippen LogP contribution in [-0.2, 0) is 9.47 Å². The molecule has 0 aliphatic carbocycles. The van der Waals surface area contributed by atoms with Crippen LogP contribution in [0.15, 0.2) is 0 Å². The maximum absolute atomic E-state index is 5.31. The van der Waals surface area contributed by atoms with Gasteiger partial charge >= 0.3 is 0 Å². The van der Waals surface area contributed by atoms with Crippen molar-refractivity contribution in [3.05, 3.63) is 0 Å². The lowest BCUT2D eigenvalue weighted by molar-refractivity contribution is -0.142. The van der Waals surface area contributed by atoms with Gasteiger partial charge < -0.3 is 9.47 Å². The third-order valence-corrected chi connectivity index (χ3v) is 2.42. The van der Waals surface area contributed by atoms with Gasteiger partial charge in [-0.05, 0) is 12.8 Å². The lowest BCUT2D eigenvalue weighted by Crippen LogP contribution is -2.26. The van der Waals surface area contributed by atoms with Crippen LogP contribution >= 0.6 is 22.6 Å². The zero-order chi connectivity index (χ0) is 6.69. The van der Waals surface area contributed by atoms with Crippen molar-refractivity contribution in [1.82, 2.24) is 0 Å². The van der Waals surface area contributed by atoms with E-state index in [1.165, 1.54) is 6.42 Å². The lowest BCUT2D eigenvalue weighted by atomic mass is 10.2. The summed E-state index contributed by atoms with van der Waals surface area (Å²) < 4.78 is 11.0. The monoisotopic (exact) mass is 242 g/mol. The van der Waals surface area contributed by atoms with Crippen molar-refractivity contribution >= 4 is 22.6 Å². The summed E-state index contributed by atoms with van der Waals surface area (Å²) in [5, 5.41) is 0. The quantitative estimate of drug-likeness (QED) is 0.513. The van der Waals surface area contributed by atoms with Crippen molar-refractivity contribution in [2.45, 2.75) is 23.1 Å². The molecule has 1 rings (SSSR count). The van der Waals surface area contributed by atoms with Gasteiger partial charge in [-0.1, -0.05) is 22.6 Å². The van der Waals surface area contributed by atoms with E-state index in [1.54, 1.807) is 7.11 Å². The Morgan fingerprint density at radius 1 is 1.56 bits per heavy atom. The van der Waals surface area contributed by atoms with Crippen molar-refractivity contribution in [1.29, 1.82) is 0 Å². The Morgan fingerprint density at radius 2 is 2.33 bits per heavy atom. The van der Waals surface area contributed by atoms with Crippen LogP contribution in [0, 0.1) is 0 Å². The van der Waals surface area contributed by atoms with Gasteiger partial charge in [0.15, 0.2) is 6.29 Å². The normalized spacial score (nSPS) is 36.7. The van der Waals surface area contributed by atoms with E-state index in [0.717, 1.165) is 13.0 Å². The highest BCUT2D eigenvalue weighted by molar-refractivity contribution is 14.1. The van der Waals surface area contributed by atoms with E-state index < -0.39 is 0 Å². The van der Waals surface area contributed by atoms with Crippen LogP contribution in [0.3, 0.4) is 0 Å². The average molecular weight is 242 g/mol.